The van der Waals surface area contributed by atoms with Crippen LogP contribution in [-0.4, -0.2) is 27.5 Å². The van der Waals surface area contributed by atoms with Crippen molar-refractivity contribution in [3.05, 3.63) is 79.5 Å². The molecule has 1 atom stereocenters. The summed E-state index contributed by atoms with van der Waals surface area (Å²) >= 11 is 0. The maximum Gasteiger partial charge on any atom is 0.193 e. The summed E-state index contributed by atoms with van der Waals surface area (Å²) in [4.78, 5) is 26.7. The van der Waals surface area contributed by atoms with Crippen molar-refractivity contribution in [3.63, 3.8) is 0 Å². The maximum atomic E-state index is 14.1. The second kappa shape index (κ2) is 11.3. The Kier molecular flexibility index (Phi) is 8.00. The molecule has 5 rings (SSSR count). The van der Waals surface area contributed by atoms with Gasteiger partial charge in [-0.15, -0.1) is 0 Å². The van der Waals surface area contributed by atoms with Gasteiger partial charge in [0.1, 0.15) is 5.70 Å². The molecule has 5 heterocycles. The Morgan fingerprint density at radius 2 is 1.41 bits per heavy atom. The maximum absolute atomic E-state index is 14.1. The van der Waals surface area contributed by atoms with Crippen molar-refractivity contribution >= 4 is 35.8 Å². The van der Waals surface area contributed by atoms with E-state index in [-0.39, 0.29) is 11.8 Å². The highest BCUT2D eigenvalue weighted by Crippen LogP contribution is 2.40. The summed E-state index contributed by atoms with van der Waals surface area (Å²) in [7, 11) is 0. The molecule has 1 unspecified atom stereocenters. The molecular formula is C36H46N4O. The Bertz CT molecular complexity index is 1650. The fraction of sp³-hybridized carbons (Fsp3) is 0.444. The van der Waals surface area contributed by atoms with E-state index >= 15 is 0 Å². The summed E-state index contributed by atoms with van der Waals surface area (Å²) in [5.74, 6) is 0.132. The highest BCUT2D eigenvalue weighted by molar-refractivity contribution is 6.32. The van der Waals surface area contributed by atoms with Gasteiger partial charge in [0, 0.05) is 27.8 Å². The van der Waals surface area contributed by atoms with E-state index in [0.717, 1.165) is 78.4 Å². The summed E-state index contributed by atoms with van der Waals surface area (Å²) in [5.41, 5.74) is 11.8. The number of aromatic amines is 2. The first-order valence-electron chi connectivity index (χ1n) is 15.7. The number of allylic oxidation sites excluding steroid dienone is 2. The summed E-state index contributed by atoms with van der Waals surface area (Å²) in [6.45, 7) is 19.5. The third-order valence-electron chi connectivity index (χ3n) is 9.66. The summed E-state index contributed by atoms with van der Waals surface area (Å²) in [6.07, 6.45) is 16.8. The number of aliphatic imine (C=N–C) groups is 1. The predicted octanol–water partition coefficient (Wildman–Crippen LogP) is 6.24. The summed E-state index contributed by atoms with van der Waals surface area (Å²) in [6, 6.07) is 0.0236. The second-order valence-electron chi connectivity index (χ2n) is 11.4. The zero-order chi connectivity index (χ0) is 29.5. The van der Waals surface area contributed by atoms with Gasteiger partial charge in [0.2, 0.25) is 0 Å². The van der Waals surface area contributed by atoms with Gasteiger partial charge in [-0.1, -0.05) is 61.1 Å². The molecular weight excluding hydrogens is 504 g/mol. The van der Waals surface area contributed by atoms with Crippen LogP contribution in [0.1, 0.15) is 101 Å². The number of hydrogen-bond donors (Lipinski definition) is 3. The van der Waals surface area contributed by atoms with Crippen LogP contribution in [0.15, 0.2) is 40.2 Å². The van der Waals surface area contributed by atoms with Crippen LogP contribution < -0.4 is 16.0 Å². The van der Waals surface area contributed by atoms with Crippen LogP contribution in [0.3, 0.4) is 0 Å². The molecule has 0 amide bonds. The number of nitrogens with one attached hydrogen (secondary N) is 3. The van der Waals surface area contributed by atoms with Crippen LogP contribution in [0.2, 0.25) is 0 Å². The topological polar surface area (TPSA) is 73.0 Å². The first-order chi connectivity index (χ1) is 19.8. The Morgan fingerprint density at radius 3 is 1.98 bits per heavy atom. The molecule has 0 saturated heterocycles. The Labute approximate surface area is 245 Å². The number of nitrogens with zero attached hydrogens (tertiary/aromatic N) is 1. The number of hydrogen-bond acceptors (Lipinski definition) is 3. The van der Waals surface area contributed by atoms with Crippen LogP contribution in [0.25, 0.3) is 24.3 Å². The average Bonchev–Trinajstić information content (AvgIpc) is 3.67. The fourth-order valence-electron chi connectivity index (χ4n) is 7.39. The SMILES string of the molecule is C=CC1=C(CC)/C2=C/c3[nH]c(c(CC)c3CC)/C=C3N=C(/C=c4\[nH]/c(c(CC)c4CC)=C\C1N2)C(CC)(CC)C\3=O. The largest absolute Gasteiger partial charge is 0.374 e. The normalized spacial score (nSPS) is 23.5. The molecule has 5 nitrogen and oxygen atoms in total. The first kappa shape index (κ1) is 28.9. The molecule has 216 valence electrons. The zero-order valence-electron chi connectivity index (χ0n) is 26.0. The highest BCUT2D eigenvalue weighted by atomic mass is 16.1. The van der Waals surface area contributed by atoms with E-state index in [9.17, 15) is 4.79 Å². The molecule has 0 aromatic carbocycles. The number of H-pyrrole nitrogens is 2. The third kappa shape index (κ3) is 4.45. The lowest BCUT2D eigenvalue weighted by atomic mass is 9.75. The van der Waals surface area contributed by atoms with Gasteiger partial charge >= 0.3 is 0 Å². The Hall–Kier alpha value is -3.60. The van der Waals surface area contributed by atoms with Crippen molar-refractivity contribution in [2.75, 3.05) is 0 Å². The van der Waals surface area contributed by atoms with Gasteiger partial charge in [0.25, 0.3) is 0 Å². The Morgan fingerprint density at radius 1 is 0.805 bits per heavy atom. The number of ketones is 1. The van der Waals surface area contributed by atoms with Crippen molar-refractivity contribution < 1.29 is 4.79 Å². The molecule has 2 aromatic rings. The lowest BCUT2D eigenvalue weighted by Crippen LogP contribution is -2.34. The molecule has 0 fully saturated rings. The van der Waals surface area contributed by atoms with E-state index < -0.39 is 5.41 Å². The molecule has 3 aliphatic rings. The third-order valence-corrected chi connectivity index (χ3v) is 9.66. The molecule has 41 heavy (non-hydrogen) atoms. The van der Waals surface area contributed by atoms with E-state index in [2.05, 4.69) is 88.6 Å². The Balaban J connectivity index is 1.91. The van der Waals surface area contributed by atoms with Crippen molar-refractivity contribution in [2.24, 2.45) is 10.4 Å². The summed E-state index contributed by atoms with van der Waals surface area (Å²) in [5, 5.41) is 6.04. The number of fused-ring (bicyclic) bond motifs is 7. The van der Waals surface area contributed by atoms with Crippen LogP contribution in [0.5, 0.6) is 0 Å². The number of aromatic nitrogens is 2. The van der Waals surface area contributed by atoms with Crippen LogP contribution in [0.4, 0.5) is 0 Å². The number of carbonyl (C=O) groups excluding carboxylic acids is 1. The quantitative estimate of drug-likeness (QED) is 0.364. The average molecular weight is 551 g/mol. The molecule has 0 aliphatic carbocycles. The van der Waals surface area contributed by atoms with E-state index in [1.807, 2.05) is 12.2 Å². The van der Waals surface area contributed by atoms with Gasteiger partial charge in [0.15, 0.2) is 5.78 Å². The molecule has 0 radical (unpaired) electrons. The number of rotatable bonds is 8. The van der Waals surface area contributed by atoms with E-state index in [1.54, 1.807) is 0 Å². The van der Waals surface area contributed by atoms with Crippen LogP contribution >= 0.6 is 0 Å². The van der Waals surface area contributed by atoms with Gasteiger partial charge in [-0.25, -0.2) is 4.99 Å². The van der Waals surface area contributed by atoms with E-state index in [0.29, 0.717) is 5.70 Å². The predicted molar refractivity (Wildman–Crippen MR) is 173 cm³/mol. The minimum absolute atomic E-state index is 0.0236. The minimum atomic E-state index is -0.612. The van der Waals surface area contributed by atoms with Crippen molar-refractivity contribution in [1.29, 1.82) is 0 Å². The number of Topliss-reactive ketones (excluding diaryl/α,β-unsaturated/α-hetero) is 1. The zero-order valence-corrected chi connectivity index (χ0v) is 26.0. The molecule has 0 spiro atoms. The van der Waals surface area contributed by atoms with Crippen LogP contribution in [0, 0.1) is 5.41 Å². The molecule has 2 aromatic heterocycles. The van der Waals surface area contributed by atoms with Gasteiger partial charge in [-0.2, -0.15) is 0 Å². The molecule has 5 heteroatoms. The van der Waals surface area contributed by atoms with Crippen molar-refractivity contribution in [2.45, 2.75) is 99.5 Å². The van der Waals surface area contributed by atoms with Crippen molar-refractivity contribution in [3.8, 4) is 0 Å². The molecule has 8 bridgehead atoms. The molecule has 3 N–H and O–H groups in total. The minimum Gasteiger partial charge on any atom is -0.374 e. The van der Waals surface area contributed by atoms with Crippen LogP contribution in [-0.2, 0) is 30.5 Å². The smallest absolute Gasteiger partial charge is 0.193 e. The lowest BCUT2D eigenvalue weighted by Gasteiger charge is -2.24. The van der Waals surface area contributed by atoms with Gasteiger partial charge in [-0.05, 0) is 103 Å². The van der Waals surface area contributed by atoms with Crippen molar-refractivity contribution in [1.82, 2.24) is 15.3 Å². The monoisotopic (exact) mass is 550 g/mol. The van der Waals surface area contributed by atoms with E-state index in [4.69, 9.17) is 4.99 Å². The second-order valence-corrected chi connectivity index (χ2v) is 11.4. The van der Waals surface area contributed by atoms with Gasteiger partial charge in [-0.3, -0.25) is 4.79 Å². The standard InChI is InChI=1S/C36H46N4O/c1-9-21-22(10-2)28-18-30-25(13-5)26(14-6)32(39-30)20-34-36(15-7,16-8)35(41)33(40-34)19-31-24(12-4)23(11-3)29(38-31)17-27(21)37-28/h10,17-20,28,37-39H,2,9,11-16H2,1,3-8H3/b27-17-,30-18-,32-20-,33-19-. The van der Waals surface area contributed by atoms with Gasteiger partial charge in [0.05, 0.1) is 17.2 Å². The first-order valence-corrected chi connectivity index (χ1v) is 15.7. The highest BCUT2D eigenvalue weighted by Gasteiger charge is 2.45. The van der Waals surface area contributed by atoms with E-state index in [1.165, 1.54) is 33.4 Å². The number of carbonyl (C=O) groups is 1. The van der Waals surface area contributed by atoms with Gasteiger partial charge < -0.3 is 15.3 Å². The summed E-state index contributed by atoms with van der Waals surface area (Å²) < 4.78 is 0. The fourth-order valence-corrected chi connectivity index (χ4v) is 7.39. The molecule has 0 saturated carbocycles. The lowest BCUT2D eigenvalue weighted by molar-refractivity contribution is -0.121. The molecule has 3 aliphatic heterocycles.